The molecule has 0 radical (unpaired) electrons. The zero-order valence-electron chi connectivity index (χ0n) is 14.6. The van der Waals surface area contributed by atoms with Gasteiger partial charge >= 0.3 is 0 Å². The molecule has 0 fully saturated rings. The summed E-state index contributed by atoms with van der Waals surface area (Å²) in [5.74, 6) is 0.249. The predicted octanol–water partition coefficient (Wildman–Crippen LogP) is 4.24. The van der Waals surface area contributed by atoms with E-state index in [0.29, 0.717) is 22.4 Å². The van der Waals surface area contributed by atoms with Gasteiger partial charge in [-0.3, -0.25) is 4.79 Å². The number of amides is 1. The molecule has 0 aliphatic carbocycles. The van der Waals surface area contributed by atoms with Gasteiger partial charge in [0.05, 0.1) is 10.7 Å². The molecule has 1 N–H and O–H groups in total. The zero-order valence-corrected chi connectivity index (χ0v) is 15.3. The van der Waals surface area contributed by atoms with Crippen molar-refractivity contribution < 1.29 is 4.79 Å². The van der Waals surface area contributed by atoms with E-state index in [4.69, 9.17) is 11.6 Å². The smallest absolute Gasteiger partial charge is 0.274 e. The van der Waals surface area contributed by atoms with Gasteiger partial charge in [0.15, 0.2) is 0 Å². The molecule has 0 saturated heterocycles. The van der Waals surface area contributed by atoms with Crippen LogP contribution in [-0.4, -0.2) is 29.5 Å². The summed E-state index contributed by atoms with van der Waals surface area (Å²) in [4.78, 5) is 23.1. The Morgan fingerprint density at radius 2 is 2.08 bits per heavy atom. The summed E-state index contributed by atoms with van der Waals surface area (Å²) in [5, 5.41) is 3.37. The van der Waals surface area contributed by atoms with E-state index < -0.39 is 0 Å². The topological polar surface area (TPSA) is 58.1 Å². The maximum Gasteiger partial charge on any atom is 0.274 e. The quantitative estimate of drug-likeness (QED) is 0.850. The summed E-state index contributed by atoms with van der Waals surface area (Å²) >= 11 is 6.25. The Hall–Kier alpha value is -2.14. The first-order valence-electron chi connectivity index (χ1n) is 8.04. The van der Waals surface area contributed by atoms with Crippen LogP contribution in [0, 0.1) is 13.8 Å². The highest BCUT2D eigenvalue weighted by atomic mass is 35.5. The minimum absolute atomic E-state index is 0.295. The number of rotatable bonds is 6. The largest absolute Gasteiger partial charge is 0.344 e. The average molecular weight is 347 g/mol. The summed E-state index contributed by atoms with van der Waals surface area (Å²) < 4.78 is 0. The van der Waals surface area contributed by atoms with E-state index in [9.17, 15) is 4.79 Å². The third-order valence-electron chi connectivity index (χ3n) is 3.73. The van der Waals surface area contributed by atoms with Crippen LogP contribution in [0.2, 0.25) is 5.02 Å². The van der Waals surface area contributed by atoms with E-state index in [2.05, 4.69) is 22.2 Å². The molecule has 0 aliphatic rings. The molecule has 1 heterocycles. The van der Waals surface area contributed by atoms with Gasteiger partial charge in [0.2, 0.25) is 5.95 Å². The molecular formula is C18H23ClN4O. The predicted molar refractivity (Wildman–Crippen MR) is 99.1 cm³/mol. The van der Waals surface area contributed by atoms with E-state index in [1.54, 1.807) is 12.3 Å². The number of nitrogens with zero attached hydrogens (tertiary/aromatic N) is 3. The van der Waals surface area contributed by atoms with Crippen LogP contribution in [0.25, 0.3) is 0 Å². The van der Waals surface area contributed by atoms with Gasteiger partial charge in [0.25, 0.3) is 5.91 Å². The molecule has 0 aliphatic heterocycles. The van der Waals surface area contributed by atoms with E-state index in [0.717, 1.165) is 30.5 Å². The monoisotopic (exact) mass is 346 g/mol. The molecule has 24 heavy (non-hydrogen) atoms. The molecule has 0 unspecified atom stereocenters. The van der Waals surface area contributed by atoms with E-state index in [1.165, 1.54) is 0 Å². The number of anilines is 2. The van der Waals surface area contributed by atoms with Gasteiger partial charge in [-0.25, -0.2) is 9.97 Å². The molecule has 1 aromatic carbocycles. The number of carbonyl (C=O) groups is 1. The second kappa shape index (κ2) is 8.11. The summed E-state index contributed by atoms with van der Waals surface area (Å²) in [7, 11) is 1.92. The zero-order chi connectivity index (χ0) is 17.7. The Kier molecular flexibility index (Phi) is 6.15. The number of hydrogen-bond donors (Lipinski definition) is 1. The summed E-state index contributed by atoms with van der Waals surface area (Å²) in [6.07, 6.45) is 3.74. The number of halogens is 1. The van der Waals surface area contributed by atoms with Gasteiger partial charge in [0.1, 0.15) is 5.69 Å². The third kappa shape index (κ3) is 4.45. The number of aromatic nitrogens is 2. The maximum atomic E-state index is 12.5. The number of benzene rings is 1. The van der Waals surface area contributed by atoms with Crippen LogP contribution in [0.5, 0.6) is 0 Å². The van der Waals surface area contributed by atoms with E-state index >= 15 is 0 Å². The van der Waals surface area contributed by atoms with Gasteiger partial charge in [-0.15, -0.1) is 0 Å². The van der Waals surface area contributed by atoms with Gasteiger partial charge in [-0.1, -0.05) is 31.0 Å². The van der Waals surface area contributed by atoms with E-state index in [1.807, 2.05) is 37.9 Å². The molecule has 2 rings (SSSR count). The highest BCUT2D eigenvalue weighted by Gasteiger charge is 2.14. The number of unbranched alkanes of at least 4 members (excludes halogenated alkanes) is 1. The van der Waals surface area contributed by atoms with Crippen LogP contribution in [-0.2, 0) is 0 Å². The third-order valence-corrected chi connectivity index (χ3v) is 4.03. The second-order valence-corrected chi connectivity index (χ2v) is 6.32. The van der Waals surface area contributed by atoms with Crippen LogP contribution in [0.4, 0.5) is 11.6 Å². The number of hydrogen-bond acceptors (Lipinski definition) is 4. The number of aryl methyl sites for hydroxylation is 2. The Morgan fingerprint density at radius 3 is 2.75 bits per heavy atom. The fourth-order valence-electron chi connectivity index (χ4n) is 2.41. The number of nitrogens with one attached hydrogen (secondary N) is 1. The lowest BCUT2D eigenvalue weighted by Crippen LogP contribution is -2.23. The summed E-state index contributed by atoms with van der Waals surface area (Å²) in [5.41, 5.74) is 2.91. The average Bonchev–Trinajstić information content (AvgIpc) is 2.55. The molecule has 2 aromatic rings. The Balaban J connectivity index is 2.19. The highest BCUT2D eigenvalue weighted by Crippen LogP contribution is 2.27. The van der Waals surface area contributed by atoms with Crippen LogP contribution < -0.4 is 10.2 Å². The fourth-order valence-corrected chi connectivity index (χ4v) is 2.77. The molecule has 5 nitrogen and oxygen atoms in total. The molecule has 1 amide bonds. The molecule has 128 valence electrons. The molecule has 0 spiro atoms. The van der Waals surface area contributed by atoms with Crippen molar-refractivity contribution in [3.05, 3.63) is 46.2 Å². The lowest BCUT2D eigenvalue weighted by molar-refractivity contribution is 0.102. The van der Waals surface area contributed by atoms with Gasteiger partial charge in [0, 0.05) is 19.8 Å². The van der Waals surface area contributed by atoms with Crippen LogP contribution in [0.1, 0.15) is 41.4 Å². The van der Waals surface area contributed by atoms with Crippen molar-refractivity contribution in [2.24, 2.45) is 0 Å². The van der Waals surface area contributed by atoms with Crippen LogP contribution in [0.3, 0.4) is 0 Å². The molecule has 1 aromatic heterocycles. The van der Waals surface area contributed by atoms with Crippen molar-refractivity contribution in [2.45, 2.75) is 33.6 Å². The van der Waals surface area contributed by atoms with E-state index in [-0.39, 0.29) is 5.91 Å². The van der Waals surface area contributed by atoms with Crippen LogP contribution in [0.15, 0.2) is 24.4 Å². The number of carbonyl (C=O) groups excluding carboxylic acids is 1. The van der Waals surface area contributed by atoms with Gasteiger partial charge in [-0.2, -0.15) is 0 Å². The first-order valence-corrected chi connectivity index (χ1v) is 8.42. The second-order valence-electron chi connectivity index (χ2n) is 5.91. The first kappa shape index (κ1) is 18.2. The van der Waals surface area contributed by atoms with Crippen molar-refractivity contribution in [3.63, 3.8) is 0 Å². The Morgan fingerprint density at radius 1 is 1.33 bits per heavy atom. The van der Waals surface area contributed by atoms with Crippen molar-refractivity contribution in [1.82, 2.24) is 9.97 Å². The Labute approximate surface area is 148 Å². The maximum absolute atomic E-state index is 12.5. The minimum atomic E-state index is -0.295. The molecule has 0 atom stereocenters. The standard InChI is InChI=1S/C18H23ClN4O/c1-5-6-9-23(4)18-20-8-7-15(21-18)17(24)22-16-13(3)10-12(2)11-14(16)19/h7-8,10-11H,5-6,9H2,1-4H3,(H,22,24). The normalized spacial score (nSPS) is 10.5. The molecule has 0 saturated carbocycles. The summed E-state index contributed by atoms with van der Waals surface area (Å²) in [6.45, 7) is 6.86. The highest BCUT2D eigenvalue weighted by molar-refractivity contribution is 6.34. The van der Waals surface area contributed by atoms with Crippen molar-refractivity contribution in [1.29, 1.82) is 0 Å². The fraction of sp³-hybridized carbons (Fsp3) is 0.389. The lowest BCUT2D eigenvalue weighted by Gasteiger charge is -2.17. The first-order chi connectivity index (χ1) is 11.4. The molecular weight excluding hydrogens is 324 g/mol. The van der Waals surface area contributed by atoms with Gasteiger partial charge in [-0.05, 0) is 43.5 Å². The lowest BCUT2D eigenvalue weighted by atomic mass is 10.1. The van der Waals surface area contributed by atoms with Crippen molar-refractivity contribution >= 4 is 29.1 Å². The molecule has 0 bridgehead atoms. The van der Waals surface area contributed by atoms with Gasteiger partial charge < -0.3 is 10.2 Å². The molecule has 6 heteroatoms. The SMILES string of the molecule is CCCCN(C)c1nccc(C(=O)Nc2c(C)cc(C)cc2Cl)n1. The minimum Gasteiger partial charge on any atom is -0.344 e. The van der Waals surface area contributed by atoms with Crippen LogP contribution >= 0.6 is 11.6 Å². The van der Waals surface area contributed by atoms with Crippen molar-refractivity contribution in [3.8, 4) is 0 Å². The summed E-state index contributed by atoms with van der Waals surface area (Å²) in [6, 6.07) is 5.41. The van der Waals surface area contributed by atoms with Crippen molar-refractivity contribution in [2.75, 3.05) is 23.8 Å². The Bertz CT molecular complexity index is 710.